The fourth-order valence-corrected chi connectivity index (χ4v) is 4.16. The largest absolute Gasteiger partial charge is 0.507 e. The fraction of sp³-hybridized carbons (Fsp3) is 0.346. The monoisotopic (exact) mass is 467 g/mol. The van der Waals surface area contributed by atoms with Crippen molar-refractivity contribution >= 4 is 23.4 Å². The molecule has 2 aromatic rings. The van der Waals surface area contributed by atoms with Gasteiger partial charge in [0.05, 0.1) is 18.7 Å². The van der Waals surface area contributed by atoms with Gasteiger partial charge in [-0.3, -0.25) is 14.4 Å². The predicted octanol–water partition coefficient (Wildman–Crippen LogP) is 3.70. The lowest BCUT2D eigenvalue weighted by Gasteiger charge is -2.25. The number of carbonyl (C=O) groups is 3. The van der Waals surface area contributed by atoms with E-state index in [1.807, 2.05) is 6.92 Å². The number of nitrogens with zero attached hydrogens (tertiary/aromatic N) is 1. The molecule has 1 fully saturated rings. The lowest BCUT2D eigenvalue weighted by atomic mass is 9.93. The summed E-state index contributed by atoms with van der Waals surface area (Å²) in [6.45, 7) is 5.57. The molecule has 0 spiro atoms. The van der Waals surface area contributed by atoms with Crippen LogP contribution in [0, 0.1) is 13.8 Å². The molecule has 1 unspecified atom stereocenters. The average molecular weight is 468 g/mol. The van der Waals surface area contributed by atoms with Gasteiger partial charge in [-0.25, -0.2) is 0 Å². The summed E-state index contributed by atoms with van der Waals surface area (Å²) in [5.74, 6) is -1.30. The standard InChI is InChI=1S/C26H29NO7/c1-15-13-21(33-5)16(2)12-20(15)24(29)22-23(18-8-6-9-19(14-18)34-17(3)28)27(10-7-11-32-4)26(31)25(22)30/h6,8-9,12-14,23,29H,7,10-11H2,1-5H3/b24-22+. The van der Waals surface area contributed by atoms with Crippen molar-refractivity contribution in [2.24, 2.45) is 0 Å². The second-order valence-electron chi connectivity index (χ2n) is 8.14. The Hall–Kier alpha value is -3.65. The van der Waals surface area contributed by atoms with Crippen molar-refractivity contribution in [3.63, 3.8) is 0 Å². The fourth-order valence-electron chi connectivity index (χ4n) is 4.16. The summed E-state index contributed by atoms with van der Waals surface area (Å²) in [4.78, 5) is 39.1. The minimum absolute atomic E-state index is 0.0185. The third-order valence-corrected chi connectivity index (χ3v) is 5.72. The third kappa shape index (κ3) is 4.97. The van der Waals surface area contributed by atoms with Crippen LogP contribution >= 0.6 is 0 Å². The Bertz CT molecular complexity index is 1150. The van der Waals surface area contributed by atoms with Gasteiger partial charge in [0, 0.05) is 32.7 Å². The molecule has 2 aromatic carbocycles. The van der Waals surface area contributed by atoms with Crippen LogP contribution in [0.1, 0.15) is 41.6 Å². The van der Waals surface area contributed by atoms with E-state index >= 15 is 0 Å². The molecule has 1 heterocycles. The zero-order valence-corrected chi connectivity index (χ0v) is 20.0. The van der Waals surface area contributed by atoms with E-state index in [2.05, 4.69) is 0 Å². The first-order valence-corrected chi connectivity index (χ1v) is 10.9. The van der Waals surface area contributed by atoms with Crippen molar-refractivity contribution in [1.29, 1.82) is 0 Å². The maximum Gasteiger partial charge on any atom is 0.308 e. The van der Waals surface area contributed by atoms with Crippen LogP contribution in [0.2, 0.25) is 0 Å². The maximum atomic E-state index is 13.2. The molecule has 8 heteroatoms. The molecular formula is C26H29NO7. The average Bonchev–Trinajstić information content (AvgIpc) is 3.04. The second-order valence-corrected chi connectivity index (χ2v) is 8.14. The molecule has 1 atom stereocenters. The van der Waals surface area contributed by atoms with Gasteiger partial charge in [0.1, 0.15) is 17.3 Å². The van der Waals surface area contributed by atoms with E-state index in [0.717, 1.165) is 5.56 Å². The highest BCUT2D eigenvalue weighted by atomic mass is 16.5. The van der Waals surface area contributed by atoms with Gasteiger partial charge in [0.15, 0.2) is 0 Å². The number of aliphatic hydroxyl groups is 1. The Balaban J connectivity index is 2.19. The van der Waals surface area contributed by atoms with Gasteiger partial charge < -0.3 is 24.2 Å². The molecule has 1 aliphatic heterocycles. The van der Waals surface area contributed by atoms with Crippen molar-refractivity contribution in [3.05, 3.63) is 64.2 Å². The molecule has 0 aliphatic carbocycles. The van der Waals surface area contributed by atoms with E-state index in [0.29, 0.717) is 35.5 Å². The molecule has 1 saturated heterocycles. The Morgan fingerprint density at radius 2 is 1.82 bits per heavy atom. The number of rotatable bonds is 8. The minimum Gasteiger partial charge on any atom is -0.507 e. The minimum atomic E-state index is -0.853. The van der Waals surface area contributed by atoms with Crippen molar-refractivity contribution in [1.82, 2.24) is 4.90 Å². The van der Waals surface area contributed by atoms with Crippen LogP contribution < -0.4 is 9.47 Å². The molecule has 8 nitrogen and oxygen atoms in total. The van der Waals surface area contributed by atoms with Crippen molar-refractivity contribution in [3.8, 4) is 11.5 Å². The van der Waals surface area contributed by atoms with E-state index in [4.69, 9.17) is 14.2 Å². The summed E-state index contributed by atoms with van der Waals surface area (Å²) in [6.07, 6.45) is 0.504. The van der Waals surface area contributed by atoms with Crippen molar-refractivity contribution in [2.45, 2.75) is 33.2 Å². The molecule has 180 valence electrons. The summed E-state index contributed by atoms with van der Waals surface area (Å²) in [5.41, 5.74) is 2.43. The van der Waals surface area contributed by atoms with Crippen LogP contribution in [-0.4, -0.2) is 55.0 Å². The number of aryl methyl sites for hydroxylation is 2. The van der Waals surface area contributed by atoms with Gasteiger partial charge in [-0.2, -0.15) is 0 Å². The molecular weight excluding hydrogens is 438 g/mol. The number of methoxy groups -OCH3 is 2. The van der Waals surface area contributed by atoms with E-state index < -0.39 is 23.7 Å². The topological polar surface area (TPSA) is 102 Å². The maximum absolute atomic E-state index is 13.2. The first-order chi connectivity index (χ1) is 16.2. The number of ether oxygens (including phenoxy) is 3. The summed E-state index contributed by atoms with van der Waals surface area (Å²) in [5, 5.41) is 11.3. The number of hydrogen-bond donors (Lipinski definition) is 1. The van der Waals surface area contributed by atoms with Gasteiger partial charge in [-0.05, 0) is 61.2 Å². The number of likely N-dealkylation sites (tertiary alicyclic amines) is 1. The van der Waals surface area contributed by atoms with Gasteiger partial charge >= 0.3 is 5.97 Å². The normalized spacial score (nSPS) is 17.2. The van der Waals surface area contributed by atoms with E-state index in [1.54, 1.807) is 57.5 Å². The van der Waals surface area contributed by atoms with Crippen LogP contribution in [0.4, 0.5) is 0 Å². The van der Waals surface area contributed by atoms with Crippen LogP contribution in [-0.2, 0) is 19.1 Å². The number of carbonyl (C=O) groups excluding carboxylic acids is 3. The third-order valence-electron chi connectivity index (χ3n) is 5.72. The van der Waals surface area contributed by atoms with Gasteiger partial charge in [-0.1, -0.05) is 12.1 Å². The number of Topliss-reactive ketones (excluding diaryl/α,β-unsaturated/α-hetero) is 1. The molecule has 1 aliphatic rings. The molecule has 3 rings (SSSR count). The Labute approximate surface area is 198 Å². The molecule has 1 amide bonds. The quantitative estimate of drug-likeness (QED) is 0.158. The van der Waals surface area contributed by atoms with Crippen LogP contribution in [0.5, 0.6) is 11.5 Å². The van der Waals surface area contributed by atoms with Crippen LogP contribution in [0.25, 0.3) is 5.76 Å². The summed E-state index contributed by atoms with van der Waals surface area (Å²) < 4.78 is 15.7. The second kappa shape index (κ2) is 10.5. The Morgan fingerprint density at radius 1 is 1.09 bits per heavy atom. The van der Waals surface area contributed by atoms with Gasteiger partial charge in [-0.15, -0.1) is 0 Å². The molecule has 34 heavy (non-hydrogen) atoms. The molecule has 0 aromatic heterocycles. The number of benzene rings is 2. The highest BCUT2D eigenvalue weighted by Crippen LogP contribution is 2.41. The summed E-state index contributed by atoms with van der Waals surface area (Å²) in [7, 11) is 3.12. The zero-order valence-electron chi connectivity index (χ0n) is 20.0. The van der Waals surface area contributed by atoms with E-state index in [-0.39, 0.29) is 23.6 Å². The highest BCUT2D eigenvalue weighted by molar-refractivity contribution is 6.46. The number of aliphatic hydroxyl groups excluding tert-OH is 1. The number of hydrogen-bond acceptors (Lipinski definition) is 7. The number of ketones is 1. The first-order valence-electron chi connectivity index (χ1n) is 10.9. The summed E-state index contributed by atoms with van der Waals surface area (Å²) >= 11 is 0. The van der Waals surface area contributed by atoms with Crippen molar-refractivity contribution < 1.29 is 33.7 Å². The van der Waals surface area contributed by atoms with Gasteiger partial charge in [0.25, 0.3) is 11.7 Å². The molecule has 0 bridgehead atoms. The van der Waals surface area contributed by atoms with Crippen LogP contribution in [0.3, 0.4) is 0 Å². The molecule has 0 saturated carbocycles. The number of esters is 1. The number of amides is 1. The van der Waals surface area contributed by atoms with Gasteiger partial charge in [0.2, 0.25) is 0 Å². The van der Waals surface area contributed by atoms with E-state index in [9.17, 15) is 19.5 Å². The molecule has 0 radical (unpaired) electrons. The summed E-state index contributed by atoms with van der Waals surface area (Å²) in [6, 6.07) is 9.26. The Kier molecular flexibility index (Phi) is 7.73. The smallest absolute Gasteiger partial charge is 0.308 e. The molecule has 1 N–H and O–H groups in total. The first kappa shape index (κ1) is 25.0. The SMILES string of the molecule is COCCCN1C(=O)C(=O)/C(=C(/O)c2cc(C)c(OC)cc2C)C1c1cccc(OC(C)=O)c1. The predicted molar refractivity (Wildman–Crippen MR) is 126 cm³/mol. The van der Waals surface area contributed by atoms with Crippen LogP contribution in [0.15, 0.2) is 42.0 Å². The highest BCUT2D eigenvalue weighted by Gasteiger charge is 2.46. The zero-order chi connectivity index (χ0) is 25.0. The Morgan fingerprint density at radius 3 is 2.47 bits per heavy atom. The van der Waals surface area contributed by atoms with Crippen molar-refractivity contribution in [2.75, 3.05) is 27.4 Å². The van der Waals surface area contributed by atoms with E-state index in [1.165, 1.54) is 11.8 Å². The lowest BCUT2D eigenvalue weighted by molar-refractivity contribution is -0.140. The lowest BCUT2D eigenvalue weighted by Crippen LogP contribution is -2.31.